The summed E-state index contributed by atoms with van der Waals surface area (Å²) in [6, 6.07) is 13.9. The Labute approximate surface area is 151 Å². The molecule has 0 aliphatic carbocycles. The maximum Gasteiger partial charge on any atom is 0.335 e. The van der Waals surface area contributed by atoms with Gasteiger partial charge in [0.15, 0.2) is 0 Å². The van der Waals surface area contributed by atoms with E-state index in [-0.39, 0.29) is 24.0 Å². The third-order valence-corrected chi connectivity index (χ3v) is 4.20. The van der Waals surface area contributed by atoms with E-state index in [4.69, 9.17) is 9.47 Å². The molecular formula is C20H21NO5. The zero-order chi connectivity index (χ0) is 18.4. The van der Waals surface area contributed by atoms with E-state index >= 15 is 0 Å². The molecule has 0 saturated carbocycles. The maximum absolute atomic E-state index is 12.1. The fraction of sp³-hybridized carbons (Fsp3) is 0.300. The standard InChI is InChI=1S/C20H21NO5/c22-19(10-5-14-3-1-2-4-18(14)20(23)24)21-15-6-8-16(9-7-15)26-17-11-12-25-13-17/h1-4,6-9,17H,5,10-13H2,(H,21,22)(H,23,24). The van der Waals surface area contributed by atoms with Gasteiger partial charge in [-0.1, -0.05) is 18.2 Å². The smallest absolute Gasteiger partial charge is 0.335 e. The van der Waals surface area contributed by atoms with Gasteiger partial charge in [-0.25, -0.2) is 4.79 Å². The lowest BCUT2D eigenvalue weighted by Gasteiger charge is -2.12. The van der Waals surface area contributed by atoms with Crippen LogP contribution in [-0.4, -0.2) is 36.3 Å². The molecule has 0 bridgehead atoms. The normalized spacial score (nSPS) is 16.2. The van der Waals surface area contributed by atoms with Gasteiger partial charge < -0.3 is 19.9 Å². The SMILES string of the molecule is O=C(CCc1ccccc1C(=O)O)Nc1ccc(OC2CCOC2)cc1. The van der Waals surface area contributed by atoms with E-state index in [2.05, 4.69) is 5.32 Å². The Morgan fingerprint density at radius 1 is 1.15 bits per heavy atom. The molecule has 6 nitrogen and oxygen atoms in total. The van der Waals surface area contributed by atoms with Crippen molar-refractivity contribution in [1.29, 1.82) is 0 Å². The first kappa shape index (κ1) is 17.9. The minimum Gasteiger partial charge on any atom is -0.488 e. The monoisotopic (exact) mass is 355 g/mol. The first-order valence-corrected chi connectivity index (χ1v) is 8.57. The van der Waals surface area contributed by atoms with Crippen molar-refractivity contribution in [2.24, 2.45) is 0 Å². The third-order valence-electron chi connectivity index (χ3n) is 4.20. The lowest BCUT2D eigenvalue weighted by molar-refractivity contribution is -0.116. The second-order valence-corrected chi connectivity index (χ2v) is 6.14. The fourth-order valence-corrected chi connectivity index (χ4v) is 2.83. The van der Waals surface area contributed by atoms with Gasteiger partial charge in [-0.3, -0.25) is 4.79 Å². The Morgan fingerprint density at radius 3 is 2.62 bits per heavy atom. The number of hydrogen-bond acceptors (Lipinski definition) is 4. The Balaban J connectivity index is 1.51. The van der Waals surface area contributed by atoms with Crippen molar-refractivity contribution in [3.05, 3.63) is 59.7 Å². The number of hydrogen-bond donors (Lipinski definition) is 2. The summed E-state index contributed by atoms with van der Waals surface area (Å²) in [6.45, 7) is 1.33. The molecule has 0 spiro atoms. The van der Waals surface area contributed by atoms with Gasteiger partial charge >= 0.3 is 5.97 Å². The van der Waals surface area contributed by atoms with Crippen LogP contribution in [0.1, 0.15) is 28.8 Å². The second kappa shape index (κ2) is 8.49. The fourth-order valence-electron chi connectivity index (χ4n) is 2.83. The number of aromatic carboxylic acids is 1. The van der Waals surface area contributed by atoms with Gasteiger partial charge in [-0.05, 0) is 42.3 Å². The van der Waals surface area contributed by atoms with Crippen LogP contribution in [0.5, 0.6) is 5.75 Å². The van der Waals surface area contributed by atoms with Crippen molar-refractivity contribution >= 4 is 17.6 Å². The van der Waals surface area contributed by atoms with E-state index < -0.39 is 5.97 Å². The van der Waals surface area contributed by atoms with Crippen LogP contribution in [0.4, 0.5) is 5.69 Å². The molecule has 1 atom stereocenters. The Hall–Kier alpha value is -2.86. The van der Waals surface area contributed by atoms with Gasteiger partial charge in [0.1, 0.15) is 11.9 Å². The Kier molecular flexibility index (Phi) is 5.86. The molecular weight excluding hydrogens is 334 g/mol. The van der Waals surface area contributed by atoms with E-state index in [1.165, 1.54) is 0 Å². The molecule has 2 aromatic carbocycles. The van der Waals surface area contributed by atoms with Crippen molar-refractivity contribution in [3.8, 4) is 5.75 Å². The third kappa shape index (κ3) is 4.83. The quantitative estimate of drug-likeness (QED) is 0.797. The second-order valence-electron chi connectivity index (χ2n) is 6.14. The molecule has 1 aliphatic rings. The average molecular weight is 355 g/mol. The first-order chi connectivity index (χ1) is 12.6. The summed E-state index contributed by atoms with van der Waals surface area (Å²) in [5.74, 6) is -0.402. The summed E-state index contributed by atoms with van der Waals surface area (Å²) < 4.78 is 11.1. The molecule has 26 heavy (non-hydrogen) atoms. The molecule has 1 heterocycles. The molecule has 2 aromatic rings. The van der Waals surface area contributed by atoms with E-state index in [9.17, 15) is 14.7 Å². The minimum atomic E-state index is -0.982. The molecule has 2 N–H and O–H groups in total. The number of anilines is 1. The van der Waals surface area contributed by atoms with Crippen LogP contribution in [0, 0.1) is 0 Å². The van der Waals surface area contributed by atoms with Crippen LogP contribution in [0.3, 0.4) is 0 Å². The summed E-state index contributed by atoms with van der Waals surface area (Å²) in [6.07, 6.45) is 1.56. The number of carboxylic acid groups (broad SMARTS) is 1. The predicted molar refractivity (Wildman–Crippen MR) is 96.6 cm³/mol. The lowest BCUT2D eigenvalue weighted by atomic mass is 10.0. The van der Waals surface area contributed by atoms with Gasteiger partial charge in [-0.15, -0.1) is 0 Å². The van der Waals surface area contributed by atoms with E-state index in [1.54, 1.807) is 36.4 Å². The van der Waals surface area contributed by atoms with Crippen molar-refractivity contribution in [1.82, 2.24) is 0 Å². The van der Waals surface area contributed by atoms with Crippen LogP contribution in [0.25, 0.3) is 0 Å². The molecule has 0 aromatic heterocycles. The molecule has 1 aliphatic heterocycles. The van der Waals surface area contributed by atoms with E-state index in [0.717, 1.165) is 18.8 Å². The number of carbonyl (C=O) groups excluding carboxylic acids is 1. The van der Waals surface area contributed by atoms with Crippen LogP contribution >= 0.6 is 0 Å². The maximum atomic E-state index is 12.1. The molecule has 6 heteroatoms. The highest BCUT2D eigenvalue weighted by atomic mass is 16.5. The van der Waals surface area contributed by atoms with Gasteiger partial charge in [-0.2, -0.15) is 0 Å². The van der Waals surface area contributed by atoms with Crippen molar-refractivity contribution in [3.63, 3.8) is 0 Å². The molecule has 1 fully saturated rings. The molecule has 1 saturated heterocycles. The number of ether oxygens (including phenoxy) is 2. The Bertz CT molecular complexity index is 766. The van der Waals surface area contributed by atoms with Crippen LogP contribution in [0.15, 0.2) is 48.5 Å². The highest BCUT2D eigenvalue weighted by molar-refractivity contribution is 5.92. The van der Waals surface area contributed by atoms with Crippen molar-refractivity contribution < 1.29 is 24.2 Å². The summed E-state index contributed by atoms with van der Waals surface area (Å²) in [7, 11) is 0. The molecule has 1 unspecified atom stereocenters. The van der Waals surface area contributed by atoms with Crippen LogP contribution in [0.2, 0.25) is 0 Å². The number of nitrogens with one attached hydrogen (secondary N) is 1. The zero-order valence-corrected chi connectivity index (χ0v) is 14.3. The van der Waals surface area contributed by atoms with Gasteiger partial charge in [0.05, 0.1) is 18.8 Å². The first-order valence-electron chi connectivity index (χ1n) is 8.57. The largest absolute Gasteiger partial charge is 0.488 e. The van der Waals surface area contributed by atoms with Crippen molar-refractivity contribution in [2.45, 2.75) is 25.4 Å². The predicted octanol–water partition coefficient (Wildman–Crippen LogP) is 3.12. The number of rotatable bonds is 7. The van der Waals surface area contributed by atoms with E-state index in [0.29, 0.717) is 24.3 Å². The van der Waals surface area contributed by atoms with E-state index in [1.807, 2.05) is 12.1 Å². The van der Waals surface area contributed by atoms with Gasteiger partial charge in [0, 0.05) is 18.5 Å². The molecule has 136 valence electrons. The van der Waals surface area contributed by atoms with Crippen molar-refractivity contribution in [2.75, 3.05) is 18.5 Å². The van der Waals surface area contributed by atoms with Gasteiger partial charge in [0.2, 0.25) is 5.91 Å². The number of carboxylic acids is 1. The summed E-state index contributed by atoms with van der Waals surface area (Å²) in [5, 5.41) is 12.0. The highest BCUT2D eigenvalue weighted by Gasteiger charge is 2.17. The number of benzene rings is 2. The summed E-state index contributed by atoms with van der Waals surface area (Å²) in [4.78, 5) is 23.3. The summed E-state index contributed by atoms with van der Waals surface area (Å²) >= 11 is 0. The number of carbonyl (C=O) groups is 2. The topological polar surface area (TPSA) is 84.9 Å². The minimum absolute atomic E-state index is 0.0877. The average Bonchev–Trinajstić information content (AvgIpc) is 3.15. The summed E-state index contributed by atoms with van der Waals surface area (Å²) in [5.41, 5.74) is 1.56. The van der Waals surface area contributed by atoms with Gasteiger partial charge in [0.25, 0.3) is 0 Å². The highest BCUT2D eigenvalue weighted by Crippen LogP contribution is 2.20. The number of amides is 1. The molecule has 0 radical (unpaired) electrons. The molecule has 3 rings (SSSR count). The Morgan fingerprint density at radius 2 is 1.92 bits per heavy atom. The van der Waals surface area contributed by atoms with Crippen LogP contribution < -0.4 is 10.1 Å². The lowest BCUT2D eigenvalue weighted by Crippen LogP contribution is -2.16. The zero-order valence-electron chi connectivity index (χ0n) is 14.3. The molecule has 1 amide bonds. The number of aryl methyl sites for hydroxylation is 1. The van der Waals surface area contributed by atoms with Crippen LogP contribution in [-0.2, 0) is 16.0 Å².